The average Bonchev–Trinajstić information content (AvgIpc) is 2.93. The maximum absolute atomic E-state index is 14.2. The Labute approximate surface area is 285 Å². The van der Waals surface area contributed by atoms with Gasteiger partial charge >= 0.3 is 6.09 Å². The summed E-state index contributed by atoms with van der Waals surface area (Å²) in [6.45, 7) is 15.9. The van der Waals surface area contributed by atoms with E-state index in [1.54, 1.807) is 55.4 Å². The van der Waals surface area contributed by atoms with E-state index in [1.807, 2.05) is 6.92 Å². The molecule has 6 unspecified atom stereocenters. The molecule has 7 N–H and O–H groups in total. The highest BCUT2D eigenvalue weighted by atomic mass is 32.6. The van der Waals surface area contributed by atoms with Crippen LogP contribution >= 0.6 is 36.6 Å². The minimum Gasteiger partial charge on any atom is -0.443 e. The van der Waals surface area contributed by atoms with E-state index in [2.05, 4.69) is 54.9 Å². The number of hydrazine groups is 1. The Hall–Kier alpha value is -0.490. The number of amides is 2. The van der Waals surface area contributed by atoms with E-state index in [9.17, 15) is 24.3 Å². The van der Waals surface area contributed by atoms with Crippen molar-refractivity contribution in [3.05, 3.63) is 0 Å². The maximum Gasteiger partial charge on any atom is 0.422 e. The zero-order valence-electron chi connectivity index (χ0n) is 28.0. The first kappa shape index (κ1) is 44.5. The monoisotopic (exact) mass is 748 g/mol. The summed E-state index contributed by atoms with van der Waals surface area (Å²) in [5.41, 5.74) is 4.38. The summed E-state index contributed by atoms with van der Waals surface area (Å²) in [5.74, 6) is 0.875. The van der Waals surface area contributed by atoms with Crippen molar-refractivity contribution in [1.82, 2.24) is 20.3 Å². The van der Waals surface area contributed by atoms with E-state index in [0.717, 1.165) is 13.5 Å². The number of rotatable bonds is 18. The second kappa shape index (κ2) is 20.1. The highest BCUT2D eigenvalue weighted by Crippen LogP contribution is 2.46. The summed E-state index contributed by atoms with van der Waals surface area (Å²) in [4.78, 5) is 60.8. The van der Waals surface area contributed by atoms with E-state index >= 15 is 0 Å². The molecule has 0 aromatic rings. The number of ether oxygens (including phenoxy) is 1. The lowest BCUT2D eigenvalue weighted by Gasteiger charge is -2.41. The Kier molecular flexibility index (Phi) is 19.9. The second-order valence-corrected chi connectivity index (χ2v) is 21.0. The first-order valence-corrected chi connectivity index (χ1v) is 22.0. The van der Waals surface area contributed by atoms with Gasteiger partial charge in [-0.25, -0.2) is 14.9 Å². The molecule has 0 heterocycles. The van der Waals surface area contributed by atoms with Crippen molar-refractivity contribution in [2.45, 2.75) is 106 Å². The molecule has 0 saturated heterocycles. The Balaban J connectivity index is 6.34. The van der Waals surface area contributed by atoms with Crippen LogP contribution in [0.1, 0.15) is 94.4 Å². The van der Waals surface area contributed by atoms with Crippen LogP contribution in [0.4, 0.5) is 4.79 Å². The van der Waals surface area contributed by atoms with Crippen LogP contribution in [0.2, 0.25) is 0 Å². The van der Waals surface area contributed by atoms with E-state index < -0.39 is 54.6 Å². The average molecular weight is 749 g/mol. The molecule has 45 heavy (non-hydrogen) atoms. The summed E-state index contributed by atoms with van der Waals surface area (Å²) in [5, 5.41) is 12.1. The lowest BCUT2D eigenvalue weighted by atomic mass is 9.65. The lowest BCUT2D eigenvalue weighted by Crippen LogP contribution is -2.50. The molecule has 0 radical (unpaired) electrons. The minimum atomic E-state index is -1.40. The smallest absolute Gasteiger partial charge is 0.422 e. The molecule has 262 valence electrons. The lowest BCUT2D eigenvalue weighted by molar-refractivity contribution is -0.135. The fourth-order valence-corrected chi connectivity index (χ4v) is 10.6. The van der Waals surface area contributed by atoms with Gasteiger partial charge in [-0.1, -0.05) is 51.6 Å². The van der Waals surface area contributed by atoms with Crippen LogP contribution in [-0.4, -0.2) is 63.8 Å². The second-order valence-electron chi connectivity index (χ2n) is 13.1. The Morgan fingerprint density at radius 1 is 1.09 bits per heavy atom. The number of carbonyl (C=O) groups excluding carboxylic acids is 4. The number of hydrogen-bond acceptors (Lipinski definition) is 8. The zero-order valence-corrected chi connectivity index (χ0v) is 33.6. The highest BCUT2D eigenvalue weighted by molar-refractivity contribution is 8.43. The SMILES string of the molecule is CCC(C)(CC(C)(CC(C)(C)C(=O)S(NC/N=C(\N)CCCS)=PP)C(=O)S(=P)NNC(=O)OC(C)(C)C)C(=O)NCC(C)O. The number of aliphatic hydroxyl groups is 1. The zero-order chi connectivity index (χ0) is 35.2. The third-order valence-corrected chi connectivity index (χ3v) is 14.0. The standard InChI is InChI=1S/C27H55N6O6P3S3/c1-10-26(8,20(35)29-14-18(2)34)16-27(9,22(37)44(41)33-32-23(38)39-24(3,4)5)15-25(6,7)21(36)45(42-40)31-17-30-19(28)12-11-13-43/h18,31,33-34,41,43H,10-17,40H2,1-9H3,(H2,28,30)(H,29,35)(H,32,38). The van der Waals surface area contributed by atoms with Gasteiger partial charge in [-0.3, -0.25) is 19.4 Å². The van der Waals surface area contributed by atoms with Gasteiger partial charge in [0.05, 0.1) is 18.6 Å². The van der Waals surface area contributed by atoms with Crippen molar-refractivity contribution in [2.75, 3.05) is 19.0 Å². The van der Waals surface area contributed by atoms with Crippen molar-refractivity contribution < 1.29 is 29.0 Å². The number of amidine groups is 1. The summed E-state index contributed by atoms with van der Waals surface area (Å²) in [7, 11) is 4.39. The van der Waals surface area contributed by atoms with E-state index in [0.29, 0.717) is 24.4 Å². The van der Waals surface area contributed by atoms with Crippen LogP contribution in [0, 0.1) is 16.2 Å². The van der Waals surface area contributed by atoms with Crippen molar-refractivity contribution in [2.24, 2.45) is 27.0 Å². The molecule has 0 saturated carbocycles. The highest BCUT2D eigenvalue weighted by Gasteiger charge is 2.48. The number of hydrogen-bond donors (Lipinski definition) is 7. The molecule has 0 rings (SSSR count). The van der Waals surface area contributed by atoms with Crippen molar-refractivity contribution >= 4 is 85.2 Å². The van der Waals surface area contributed by atoms with Gasteiger partial charge in [-0.15, -0.1) is 0 Å². The molecule has 0 aliphatic rings. The van der Waals surface area contributed by atoms with Gasteiger partial charge in [0.1, 0.15) is 5.60 Å². The minimum absolute atomic E-state index is 0.0657. The number of aliphatic imine (C=N–C) groups is 1. The van der Waals surface area contributed by atoms with Gasteiger partial charge < -0.3 is 20.9 Å². The third kappa shape index (κ3) is 16.4. The van der Waals surface area contributed by atoms with Crippen LogP contribution in [0.5, 0.6) is 0 Å². The molecule has 0 bridgehead atoms. The first-order chi connectivity index (χ1) is 20.6. The Morgan fingerprint density at radius 2 is 1.69 bits per heavy atom. The van der Waals surface area contributed by atoms with Crippen LogP contribution in [-0.2, 0) is 39.6 Å². The molecule has 0 fully saturated rings. The number of nitrogens with one attached hydrogen (secondary N) is 4. The number of nitrogens with zero attached hydrogens (tertiary/aromatic N) is 1. The van der Waals surface area contributed by atoms with Crippen LogP contribution in [0.3, 0.4) is 0 Å². The summed E-state index contributed by atoms with van der Waals surface area (Å²) in [6, 6.07) is 0. The van der Waals surface area contributed by atoms with Crippen LogP contribution in [0.15, 0.2) is 4.99 Å². The molecule has 0 aliphatic heterocycles. The molecule has 0 aromatic heterocycles. The Morgan fingerprint density at radius 3 is 2.18 bits per heavy atom. The fourth-order valence-electron chi connectivity index (χ4n) is 4.57. The summed E-state index contributed by atoms with van der Waals surface area (Å²) in [6.07, 6.45) is 0.526. The summed E-state index contributed by atoms with van der Waals surface area (Å²) < 4.78 is 8.44. The largest absolute Gasteiger partial charge is 0.443 e. The predicted octanol–water partition coefficient (Wildman–Crippen LogP) is 4.18. The molecule has 0 aromatic carbocycles. The van der Waals surface area contributed by atoms with Crippen LogP contribution < -0.4 is 26.0 Å². The number of nitrogens with two attached hydrogens (primary N) is 1. The molecule has 6 atom stereocenters. The van der Waals surface area contributed by atoms with E-state index in [-0.39, 0.29) is 42.2 Å². The van der Waals surface area contributed by atoms with Gasteiger partial charge in [-0.05, 0) is 86.7 Å². The number of aliphatic hydroxyl groups excluding tert-OH is 1. The van der Waals surface area contributed by atoms with Crippen LogP contribution in [0.25, 0.3) is 0 Å². The predicted molar refractivity (Wildman–Crippen MR) is 199 cm³/mol. The third-order valence-electron chi connectivity index (χ3n) is 6.74. The van der Waals surface area contributed by atoms with Crippen molar-refractivity contribution in [3.8, 4) is 0 Å². The van der Waals surface area contributed by atoms with Gasteiger partial charge in [-0.2, -0.15) is 17.5 Å². The fraction of sp³-hybridized carbons (Fsp3) is 0.815. The molecule has 0 spiro atoms. The van der Waals surface area contributed by atoms with Gasteiger partial charge in [0.2, 0.25) is 16.1 Å². The van der Waals surface area contributed by atoms with E-state index in [1.165, 1.54) is 0 Å². The number of carbonyl (C=O) groups is 4. The quantitative estimate of drug-likeness (QED) is 0.0355. The summed E-state index contributed by atoms with van der Waals surface area (Å²) >= 11 is 4.19. The van der Waals surface area contributed by atoms with Gasteiger partial charge in [0.15, 0.2) is 0 Å². The first-order valence-electron chi connectivity index (χ1n) is 14.6. The normalized spacial score (nSPS) is 17.4. The topological polar surface area (TPSA) is 184 Å². The van der Waals surface area contributed by atoms with Gasteiger partial charge in [0.25, 0.3) is 0 Å². The molecule has 0 aliphatic carbocycles. The molecule has 2 amide bonds. The molecular weight excluding hydrogens is 693 g/mol. The molecule has 18 heteroatoms. The molecular formula is C27H55N6O6P3S3. The molecule has 12 nitrogen and oxygen atoms in total. The van der Waals surface area contributed by atoms with Crippen molar-refractivity contribution in [1.29, 1.82) is 0 Å². The Bertz CT molecular complexity index is 1140. The van der Waals surface area contributed by atoms with E-state index in [4.69, 9.17) is 10.5 Å². The number of thiol groups is 1. The maximum atomic E-state index is 14.2. The van der Waals surface area contributed by atoms with Crippen molar-refractivity contribution in [3.63, 3.8) is 0 Å². The van der Waals surface area contributed by atoms with Gasteiger partial charge in [0, 0.05) is 29.2 Å².